The van der Waals surface area contributed by atoms with Crippen LogP contribution in [0, 0.1) is 5.82 Å². The Morgan fingerprint density at radius 2 is 1.79 bits per heavy atom. The number of methoxy groups -OCH3 is 1. The van der Waals surface area contributed by atoms with Crippen molar-refractivity contribution in [1.29, 1.82) is 0 Å². The molecule has 0 fully saturated rings. The third kappa shape index (κ3) is 3.83. The van der Waals surface area contributed by atoms with Crippen LogP contribution in [0.25, 0.3) is 22.8 Å². The number of hydrogen-bond acceptors (Lipinski definition) is 6. The van der Waals surface area contributed by atoms with E-state index in [-0.39, 0.29) is 5.82 Å². The van der Waals surface area contributed by atoms with E-state index in [1.165, 1.54) is 12.1 Å². The molecule has 0 aliphatic carbocycles. The Hall–Kier alpha value is -3.74. The van der Waals surface area contributed by atoms with E-state index in [0.717, 1.165) is 11.3 Å². The third-order valence-electron chi connectivity index (χ3n) is 4.19. The molecule has 7 heteroatoms. The summed E-state index contributed by atoms with van der Waals surface area (Å²) in [5.74, 6) is 1.98. The second kappa shape index (κ2) is 7.87. The Kier molecular flexibility index (Phi) is 4.97. The summed E-state index contributed by atoms with van der Waals surface area (Å²) in [5, 5.41) is 7.20. The van der Waals surface area contributed by atoms with Crippen molar-refractivity contribution in [3.63, 3.8) is 0 Å². The minimum atomic E-state index is -0.312. The van der Waals surface area contributed by atoms with Crippen LogP contribution in [0.3, 0.4) is 0 Å². The smallest absolute Gasteiger partial charge is 0.259 e. The number of pyridine rings is 1. The van der Waals surface area contributed by atoms with Gasteiger partial charge in [-0.25, -0.2) is 9.37 Å². The van der Waals surface area contributed by atoms with Crippen molar-refractivity contribution in [2.45, 2.75) is 6.54 Å². The zero-order chi connectivity index (χ0) is 19.3. The van der Waals surface area contributed by atoms with Gasteiger partial charge in [-0.3, -0.25) is 0 Å². The molecular weight excluding hydrogens is 359 g/mol. The molecule has 2 aromatic carbocycles. The molecule has 0 saturated carbocycles. The molecule has 28 heavy (non-hydrogen) atoms. The molecule has 4 rings (SSSR count). The summed E-state index contributed by atoms with van der Waals surface area (Å²) < 4.78 is 23.7. The second-order valence-corrected chi connectivity index (χ2v) is 6.03. The molecule has 1 N–H and O–H groups in total. The molecule has 0 atom stereocenters. The molecule has 6 nitrogen and oxygen atoms in total. The van der Waals surface area contributed by atoms with Crippen molar-refractivity contribution >= 4 is 5.82 Å². The Balaban J connectivity index is 1.45. The lowest BCUT2D eigenvalue weighted by atomic mass is 10.2. The van der Waals surface area contributed by atoms with E-state index in [1.54, 1.807) is 25.4 Å². The van der Waals surface area contributed by atoms with Gasteiger partial charge in [0, 0.05) is 23.9 Å². The van der Waals surface area contributed by atoms with Crippen LogP contribution in [0.1, 0.15) is 5.56 Å². The molecule has 0 spiro atoms. The summed E-state index contributed by atoms with van der Waals surface area (Å²) in [6.07, 6.45) is 1.66. The van der Waals surface area contributed by atoms with Crippen LogP contribution in [0.5, 0.6) is 5.75 Å². The molecule has 0 saturated heterocycles. The Bertz CT molecular complexity index is 1060. The summed E-state index contributed by atoms with van der Waals surface area (Å²) >= 11 is 0. The predicted octanol–water partition coefficient (Wildman–Crippen LogP) is 4.56. The highest BCUT2D eigenvalue weighted by Gasteiger charge is 2.11. The van der Waals surface area contributed by atoms with Crippen LogP contribution in [-0.2, 0) is 6.54 Å². The zero-order valence-electron chi connectivity index (χ0n) is 15.1. The van der Waals surface area contributed by atoms with Gasteiger partial charge in [-0.15, -0.1) is 0 Å². The highest BCUT2D eigenvalue weighted by Crippen LogP contribution is 2.23. The van der Waals surface area contributed by atoms with Gasteiger partial charge >= 0.3 is 0 Å². The maximum atomic E-state index is 13.0. The number of nitrogens with one attached hydrogen (secondary N) is 1. The number of nitrogens with zero attached hydrogens (tertiary/aromatic N) is 3. The van der Waals surface area contributed by atoms with E-state index in [0.29, 0.717) is 35.2 Å². The molecule has 140 valence electrons. The first-order chi connectivity index (χ1) is 13.7. The monoisotopic (exact) mass is 376 g/mol. The lowest BCUT2D eigenvalue weighted by Crippen LogP contribution is -2.02. The van der Waals surface area contributed by atoms with Gasteiger partial charge in [-0.2, -0.15) is 4.98 Å². The van der Waals surface area contributed by atoms with Gasteiger partial charge in [-0.1, -0.05) is 23.4 Å². The largest absolute Gasteiger partial charge is 0.496 e. The SMILES string of the molecule is COc1ccccc1CNc1ccc(-c2nc(-c3ccc(F)cc3)no2)cn1. The number of para-hydroxylation sites is 1. The minimum Gasteiger partial charge on any atom is -0.496 e. The van der Waals surface area contributed by atoms with Crippen LogP contribution in [0.2, 0.25) is 0 Å². The van der Waals surface area contributed by atoms with Crippen LogP contribution in [0.4, 0.5) is 10.2 Å². The first-order valence-electron chi connectivity index (χ1n) is 8.65. The Labute approximate surface area is 161 Å². The molecular formula is C21H17FN4O2. The van der Waals surface area contributed by atoms with Gasteiger partial charge in [0.2, 0.25) is 5.82 Å². The zero-order valence-corrected chi connectivity index (χ0v) is 15.1. The molecule has 0 amide bonds. The lowest BCUT2D eigenvalue weighted by molar-refractivity contribution is 0.410. The van der Waals surface area contributed by atoms with Crippen molar-refractivity contribution in [2.75, 3.05) is 12.4 Å². The van der Waals surface area contributed by atoms with Crippen LogP contribution in [0.15, 0.2) is 71.4 Å². The first kappa shape index (κ1) is 17.7. The van der Waals surface area contributed by atoms with Crippen molar-refractivity contribution in [3.05, 3.63) is 78.2 Å². The fourth-order valence-electron chi connectivity index (χ4n) is 2.72. The summed E-state index contributed by atoms with van der Waals surface area (Å²) in [4.78, 5) is 8.74. The van der Waals surface area contributed by atoms with Gasteiger partial charge in [0.15, 0.2) is 0 Å². The number of anilines is 1. The standard InChI is InChI=1S/C21H17FN4O2/c1-27-18-5-3-2-4-15(18)12-23-19-11-8-16(13-24-19)21-25-20(26-28-21)14-6-9-17(22)10-7-14/h2-11,13H,12H2,1H3,(H,23,24). The maximum Gasteiger partial charge on any atom is 0.259 e. The van der Waals surface area contributed by atoms with E-state index < -0.39 is 0 Å². The van der Waals surface area contributed by atoms with E-state index >= 15 is 0 Å². The number of ether oxygens (including phenoxy) is 1. The average Bonchev–Trinajstić information content (AvgIpc) is 3.23. The average molecular weight is 376 g/mol. The van der Waals surface area contributed by atoms with Gasteiger partial charge in [0.25, 0.3) is 5.89 Å². The molecule has 0 bridgehead atoms. The number of hydrogen-bond donors (Lipinski definition) is 1. The normalized spacial score (nSPS) is 10.6. The van der Waals surface area contributed by atoms with Gasteiger partial charge in [0.05, 0.1) is 12.7 Å². The van der Waals surface area contributed by atoms with Crippen molar-refractivity contribution in [2.24, 2.45) is 0 Å². The summed E-state index contributed by atoms with van der Waals surface area (Å²) in [6, 6.07) is 17.4. The van der Waals surface area contributed by atoms with Crippen molar-refractivity contribution in [1.82, 2.24) is 15.1 Å². The van der Waals surface area contributed by atoms with Gasteiger partial charge in [0.1, 0.15) is 17.4 Å². The third-order valence-corrected chi connectivity index (χ3v) is 4.19. The molecule has 4 aromatic rings. The number of rotatable bonds is 6. The van der Waals surface area contributed by atoms with Gasteiger partial charge in [-0.05, 0) is 42.5 Å². The van der Waals surface area contributed by atoms with Crippen LogP contribution in [-0.4, -0.2) is 22.2 Å². The fourth-order valence-corrected chi connectivity index (χ4v) is 2.72. The fraction of sp³-hybridized carbons (Fsp3) is 0.0952. The van der Waals surface area contributed by atoms with E-state index in [2.05, 4.69) is 20.4 Å². The van der Waals surface area contributed by atoms with E-state index in [4.69, 9.17) is 9.26 Å². The highest BCUT2D eigenvalue weighted by atomic mass is 19.1. The predicted molar refractivity (Wildman–Crippen MR) is 103 cm³/mol. The molecule has 2 aromatic heterocycles. The van der Waals surface area contributed by atoms with Crippen molar-refractivity contribution in [3.8, 4) is 28.6 Å². The minimum absolute atomic E-state index is 0.312. The van der Waals surface area contributed by atoms with Crippen molar-refractivity contribution < 1.29 is 13.7 Å². The maximum absolute atomic E-state index is 13.0. The topological polar surface area (TPSA) is 73.1 Å². The van der Waals surface area contributed by atoms with Gasteiger partial charge < -0.3 is 14.6 Å². The number of aromatic nitrogens is 3. The van der Waals surface area contributed by atoms with Crippen LogP contribution >= 0.6 is 0 Å². The number of benzene rings is 2. The summed E-state index contributed by atoms with van der Waals surface area (Å²) in [6.45, 7) is 0.589. The lowest BCUT2D eigenvalue weighted by Gasteiger charge is -2.09. The summed E-state index contributed by atoms with van der Waals surface area (Å²) in [7, 11) is 1.65. The molecule has 0 aliphatic heterocycles. The molecule has 0 unspecified atom stereocenters. The first-order valence-corrected chi connectivity index (χ1v) is 8.65. The molecule has 0 radical (unpaired) electrons. The van der Waals surface area contributed by atoms with E-state index in [9.17, 15) is 4.39 Å². The van der Waals surface area contributed by atoms with Crippen LogP contribution < -0.4 is 10.1 Å². The summed E-state index contributed by atoms with van der Waals surface area (Å²) in [5.41, 5.74) is 2.42. The van der Waals surface area contributed by atoms with E-state index in [1.807, 2.05) is 36.4 Å². The number of halogens is 1. The molecule has 2 heterocycles. The Morgan fingerprint density at radius 3 is 2.54 bits per heavy atom. The quantitative estimate of drug-likeness (QED) is 0.532. The highest BCUT2D eigenvalue weighted by molar-refractivity contribution is 5.60. The molecule has 0 aliphatic rings. The second-order valence-electron chi connectivity index (χ2n) is 6.03. The Morgan fingerprint density at radius 1 is 1.00 bits per heavy atom.